The van der Waals surface area contributed by atoms with Crippen molar-refractivity contribution in [1.82, 2.24) is 9.55 Å². The van der Waals surface area contributed by atoms with Crippen LogP contribution in [0.15, 0.2) is 114 Å². The summed E-state index contributed by atoms with van der Waals surface area (Å²) >= 11 is 0. The van der Waals surface area contributed by atoms with Crippen molar-refractivity contribution >= 4 is 39.5 Å². The van der Waals surface area contributed by atoms with Gasteiger partial charge in [0.15, 0.2) is 0 Å². The Labute approximate surface area is 232 Å². The zero-order valence-electron chi connectivity index (χ0n) is 21.8. The lowest BCUT2D eigenvalue weighted by Crippen LogP contribution is -1.94. The molecule has 2 aliphatic carbocycles. The molecule has 0 saturated heterocycles. The van der Waals surface area contributed by atoms with Crippen molar-refractivity contribution in [1.29, 1.82) is 0 Å². The van der Waals surface area contributed by atoms with E-state index in [0.29, 0.717) is 0 Å². The fraction of sp³-hybridized carbons (Fsp3) is 0.0541. The number of pyridine rings is 1. The molecule has 0 N–H and O–H groups in total. The van der Waals surface area contributed by atoms with Crippen LogP contribution in [0.4, 0.5) is 0 Å². The molecule has 0 bridgehead atoms. The standard InChI is InChI=1S/C37H24N2O/c1-2-13-31-32-18-16-25(17-19-37(32)40-36(31)15-3-1)26-8-6-9-27(22-26)28-10-7-11-29(23-28)39-34-14-5-4-12-30(34)33-24-38-21-20-35(33)39/h3-12,14-17,19-24H,1,18H2. The van der Waals surface area contributed by atoms with E-state index in [9.17, 15) is 0 Å². The molecule has 0 amide bonds. The normalized spacial score (nSPS) is 13.8. The first-order valence-corrected chi connectivity index (χ1v) is 13.6. The van der Waals surface area contributed by atoms with Crippen molar-refractivity contribution in [2.24, 2.45) is 0 Å². The largest absolute Gasteiger partial charge is 0.456 e. The number of rotatable bonds is 3. The zero-order chi connectivity index (χ0) is 26.5. The first-order chi connectivity index (χ1) is 19.8. The average Bonchev–Trinajstić information content (AvgIpc) is 3.29. The molecule has 3 aromatic carbocycles. The van der Waals surface area contributed by atoms with Crippen LogP contribution in [0.3, 0.4) is 0 Å². The molecule has 3 aromatic heterocycles. The molecule has 0 spiro atoms. The molecule has 0 aliphatic heterocycles. The van der Waals surface area contributed by atoms with E-state index in [1.54, 1.807) is 0 Å². The smallest absolute Gasteiger partial charge is 0.143 e. The van der Waals surface area contributed by atoms with Gasteiger partial charge in [0.1, 0.15) is 11.5 Å². The SMILES string of the molecule is C1#Cc2c(oc3c2CC=C(c2cccc(-c4cccc(-n5c6ccccc6c6cnccc65)c4)c2)C=C3)C=CC1. The molecule has 3 heteroatoms. The minimum absolute atomic E-state index is 0.762. The monoisotopic (exact) mass is 512 g/mol. The Morgan fingerprint density at radius 1 is 0.750 bits per heavy atom. The number of hydrogen-bond acceptors (Lipinski definition) is 2. The molecular formula is C37H24N2O. The Morgan fingerprint density at radius 2 is 1.60 bits per heavy atom. The van der Waals surface area contributed by atoms with Crippen molar-refractivity contribution in [3.63, 3.8) is 0 Å². The maximum absolute atomic E-state index is 6.16. The molecule has 188 valence electrons. The Morgan fingerprint density at radius 3 is 2.58 bits per heavy atom. The van der Waals surface area contributed by atoms with E-state index in [1.807, 2.05) is 18.5 Å². The van der Waals surface area contributed by atoms with Crippen LogP contribution >= 0.6 is 0 Å². The number of para-hydroxylation sites is 1. The van der Waals surface area contributed by atoms with Gasteiger partial charge in [0.05, 0.1) is 16.6 Å². The number of aromatic nitrogens is 2. The molecule has 6 aromatic rings. The Kier molecular flexibility index (Phi) is 5.18. The van der Waals surface area contributed by atoms with Crippen LogP contribution in [0.1, 0.15) is 34.6 Å². The van der Waals surface area contributed by atoms with Gasteiger partial charge in [-0.25, -0.2) is 0 Å². The molecule has 8 rings (SSSR count). The highest BCUT2D eigenvalue weighted by Crippen LogP contribution is 2.35. The summed E-state index contributed by atoms with van der Waals surface area (Å²) in [6, 6.07) is 28.2. The minimum Gasteiger partial charge on any atom is -0.456 e. The van der Waals surface area contributed by atoms with Crippen LogP contribution in [0.5, 0.6) is 0 Å². The number of benzene rings is 3. The predicted molar refractivity (Wildman–Crippen MR) is 164 cm³/mol. The topological polar surface area (TPSA) is 31.0 Å². The van der Waals surface area contributed by atoms with Crippen LogP contribution in [0.2, 0.25) is 0 Å². The van der Waals surface area contributed by atoms with Gasteiger partial charge in [-0.05, 0) is 71.2 Å². The number of furan rings is 1. The van der Waals surface area contributed by atoms with E-state index in [0.717, 1.165) is 46.5 Å². The van der Waals surface area contributed by atoms with Gasteiger partial charge in [0, 0.05) is 40.8 Å². The third-order valence-electron chi connectivity index (χ3n) is 7.82. The van der Waals surface area contributed by atoms with E-state index in [1.165, 1.54) is 38.7 Å². The summed E-state index contributed by atoms with van der Waals surface area (Å²) < 4.78 is 8.49. The first kappa shape index (κ1) is 22.6. The van der Waals surface area contributed by atoms with Crippen LogP contribution in [-0.4, -0.2) is 9.55 Å². The van der Waals surface area contributed by atoms with Gasteiger partial charge in [-0.15, -0.1) is 0 Å². The van der Waals surface area contributed by atoms with E-state index >= 15 is 0 Å². The lowest BCUT2D eigenvalue weighted by molar-refractivity contribution is 0.544. The number of allylic oxidation sites excluding steroid dienone is 4. The summed E-state index contributed by atoms with van der Waals surface area (Å²) in [6.07, 6.45) is 16.0. The average molecular weight is 513 g/mol. The van der Waals surface area contributed by atoms with Gasteiger partial charge in [-0.2, -0.15) is 0 Å². The summed E-state index contributed by atoms with van der Waals surface area (Å²) in [4.78, 5) is 4.39. The zero-order valence-corrected chi connectivity index (χ0v) is 21.8. The second-order valence-corrected chi connectivity index (χ2v) is 10.2. The maximum Gasteiger partial charge on any atom is 0.143 e. The first-order valence-electron chi connectivity index (χ1n) is 13.6. The second-order valence-electron chi connectivity index (χ2n) is 10.2. The molecular weight excluding hydrogens is 488 g/mol. The van der Waals surface area contributed by atoms with Crippen molar-refractivity contribution in [3.8, 4) is 28.7 Å². The van der Waals surface area contributed by atoms with Gasteiger partial charge >= 0.3 is 0 Å². The number of nitrogens with zero attached hydrogens (tertiary/aromatic N) is 2. The molecule has 0 unspecified atom stereocenters. The predicted octanol–water partition coefficient (Wildman–Crippen LogP) is 8.86. The summed E-state index contributed by atoms with van der Waals surface area (Å²) in [5, 5.41) is 2.37. The Bertz CT molecular complexity index is 2070. The van der Waals surface area contributed by atoms with E-state index in [-0.39, 0.29) is 0 Å². The molecule has 3 nitrogen and oxygen atoms in total. The highest BCUT2D eigenvalue weighted by Gasteiger charge is 2.18. The van der Waals surface area contributed by atoms with Gasteiger partial charge in [0.2, 0.25) is 0 Å². The lowest BCUT2D eigenvalue weighted by atomic mass is 9.97. The van der Waals surface area contributed by atoms with Crippen molar-refractivity contribution in [2.45, 2.75) is 12.8 Å². The highest BCUT2D eigenvalue weighted by atomic mass is 16.3. The minimum atomic E-state index is 0.762. The van der Waals surface area contributed by atoms with Crippen LogP contribution in [-0.2, 0) is 6.42 Å². The summed E-state index contributed by atoms with van der Waals surface area (Å²) in [5.41, 5.74) is 10.4. The van der Waals surface area contributed by atoms with Crippen LogP contribution < -0.4 is 0 Å². The molecule has 2 aliphatic rings. The highest BCUT2D eigenvalue weighted by molar-refractivity contribution is 6.08. The van der Waals surface area contributed by atoms with E-state index < -0.39 is 0 Å². The lowest BCUT2D eigenvalue weighted by Gasteiger charge is -2.11. The van der Waals surface area contributed by atoms with Crippen LogP contribution in [0, 0.1) is 11.8 Å². The summed E-state index contributed by atoms with van der Waals surface area (Å²) in [7, 11) is 0. The third kappa shape index (κ3) is 3.66. The van der Waals surface area contributed by atoms with Crippen molar-refractivity contribution in [2.75, 3.05) is 0 Å². The number of fused-ring (bicyclic) bond motifs is 6. The Hall–Kier alpha value is -5.33. The fourth-order valence-corrected chi connectivity index (χ4v) is 5.92. The fourth-order valence-electron chi connectivity index (χ4n) is 5.92. The quantitative estimate of drug-likeness (QED) is 0.222. The molecule has 40 heavy (non-hydrogen) atoms. The molecule has 0 atom stereocenters. The van der Waals surface area contributed by atoms with Crippen LogP contribution in [0.25, 0.3) is 56.3 Å². The third-order valence-corrected chi connectivity index (χ3v) is 7.82. The molecule has 3 heterocycles. The van der Waals surface area contributed by atoms with E-state index in [4.69, 9.17) is 4.42 Å². The van der Waals surface area contributed by atoms with Crippen molar-refractivity contribution < 1.29 is 4.42 Å². The summed E-state index contributed by atoms with van der Waals surface area (Å²) in [6.45, 7) is 0. The van der Waals surface area contributed by atoms with Gasteiger partial charge in [0.25, 0.3) is 0 Å². The summed E-state index contributed by atoms with van der Waals surface area (Å²) in [5.74, 6) is 8.30. The molecule has 0 saturated carbocycles. The maximum atomic E-state index is 6.16. The van der Waals surface area contributed by atoms with E-state index in [2.05, 4.69) is 125 Å². The van der Waals surface area contributed by atoms with Gasteiger partial charge in [-0.1, -0.05) is 78.6 Å². The van der Waals surface area contributed by atoms with Gasteiger partial charge in [-0.3, -0.25) is 4.98 Å². The molecule has 0 fully saturated rings. The Balaban J connectivity index is 1.18. The number of hydrogen-bond donors (Lipinski definition) is 0. The van der Waals surface area contributed by atoms with Gasteiger partial charge < -0.3 is 8.98 Å². The second kappa shape index (κ2) is 9.15. The van der Waals surface area contributed by atoms with Crippen molar-refractivity contribution in [3.05, 3.63) is 138 Å². The molecule has 0 radical (unpaired) electrons.